The van der Waals surface area contributed by atoms with Crippen LogP contribution in [0.2, 0.25) is 0 Å². The van der Waals surface area contributed by atoms with Gasteiger partial charge in [0.05, 0.1) is 0 Å². The van der Waals surface area contributed by atoms with Gasteiger partial charge in [0.2, 0.25) is 0 Å². The molecule has 0 saturated heterocycles. The van der Waals surface area contributed by atoms with Crippen molar-refractivity contribution in [1.82, 2.24) is 4.90 Å². The Kier molecular flexibility index (Phi) is 4.80. The molecule has 19 heavy (non-hydrogen) atoms. The molecule has 0 bridgehead atoms. The van der Waals surface area contributed by atoms with Crippen LogP contribution in [0.1, 0.15) is 12.5 Å². The quantitative estimate of drug-likeness (QED) is 0.842. The molecule has 0 heterocycles. The molecule has 3 nitrogen and oxygen atoms in total. The van der Waals surface area contributed by atoms with Crippen molar-refractivity contribution in [3.63, 3.8) is 0 Å². The molecule has 0 aliphatic heterocycles. The Morgan fingerprint density at radius 3 is 2.05 bits per heavy atom. The Morgan fingerprint density at radius 2 is 1.68 bits per heavy atom. The van der Waals surface area contributed by atoms with Gasteiger partial charge >= 0.3 is 12.1 Å². The molecule has 1 amide bonds. The molecule has 0 radical (unpaired) electrons. The van der Waals surface area contributed by atoms with Crippen LogP contribution < -0.4 is 4.90 Å². The Hall–Kier alpha value is -1.72. The maximum atomic E-state index is 12.4. The van der Waals surface area contributed by atoms with Crippen LogP contribution in [0.3, 0.4) is 0 Å². The second kappa shape index (κ2) is 5.95. The molecule has 0 aromatic heterocycles. The van der Waals surface area contributed by atoms with Crippen molar-refractivity contribution in [3.05, 3.63) is 29.8 Å². The molecular formula is C13H17F3N2O. The number of carbonyl (C=O) groups is 1. The fraction of sp³-hybridized carbons (Fsp3) is 0.462. The summed E-state index contributed by atoms with van der Waals surface area (Å²) in [5, 5.41) is 0. The number of benzene rings is 1. The molecule has 0 aliphatic carbocycles. The highest BCUT2D eigenvalue weighted by Gasteiger charge is 2.41. The van der Waals surface area contributed by atoms with Gasteiger partial charge in [0, 0.05) is 32.9 Å². The lowest BCUT2D eigenvalue weighted by Crippen LogP contribution is -2.40. The summed E-state index contributed by atoms with van der Waals surface area (Å²) in [5.74, 6) is -1.80. The Labute approximate surface area is 110 Å². The van der Waals surface area contributed by atoms with E-state index < -0.39 is 12.1 Å². The van der Waals surface area contributed by atoms with E-state index in [2.05, 4.69) is 0 Å². The third-order valence-electron chi connectivity index (χ3n) is 2.74. The average Bonchev–Trinajstić information content (AvgIpc) is 2.34. The highest BCUT2D eigenvalue weighted by atomic mass is 19.4. The average molecular weight is 274 g/mol. The fourth-order valence-electron chi connectivity index (χ4n) is 1.63. The summed E-state index contributed by atoms with van der Waals surface area (Å²) >= 11 is 0. The summed E-state index contributed by atoms with van der Waals surface area (Å²) in [6.45, 7) is 1.51. The number of rotatable bonds is 4. The van der Waals surface area contributed by atoms with Crippen LogP contribution in [0, 0.1) is 0 Å². The summed E-state index contributed by atoms with van der Waals surface area (Å²) in [6.07, 6.45) is -4.82. The molecule has 0 unspecified atom stereocenters. The molecule has 1 rings (SSSR count). The lowest BCUT2D eigenvalue weighted by atomic mass is 10.2. The molecule has 0 saturated carbocycles. The van der Waals surface area contributed by atoms with E-state index in [-0.39, 0.29) is 13.1 Å². The van der Waals surface area contributed by atoms with Gasteiger partial charge in [0.25, 0.3) is 0 Å². The number of alkyl halides is 3. The van der Waals surface area contributed by atoms with Crippen LogP contribution in [-0.4, -0.2) is 37.6 Å². The number of carbonyl (C=O) groups excluding carboxylic acids is 1. The number of anilines is 1. The van der Waals surface area contributed by atoms with Gasteiger partial charge in [-0.2, -0.15) is 13.2 Å². The van der Waals surface area contributed by atoms with Crippen molar-refractivity contribution in [1.29, 1.82) is 0 Å². The third-order valence-corrected chi connectivity index (χ3v) is 2.74. The van der Waals surface area contributed by atoms with Crippen LogP contribution in [0.25, 0.3) is 0 Å². The fourth-order valence-corrected chi connectivity index (χ4v) is 1.63. The van der Waals surface area contributed by atoms with Crippen molar-refractivity contribution < 1.29 is 18.0 Å². The number of hydrogen-bond donors (Lipinski definition) is 0. The minimum absolute atomic E-state index is 0.0216. The van der Waals surface area contributed by atoms with Gasteiger partial charge in [-0.15, -0.1) is 0 Å². The molecule has 1 aromatic carbocycles. The topological polar surface area (TPSA) is 23.6 Å². The summed E-state index contributed by atoms with van der Waals surface area (Å²) in [4.78, 5) is 13.8. The Bertz CT molecular complexity index is 427. The third kappa shape index (κ3) is 4.15. The van der Waals surface area contributed by atoms with Gasteiger partial charge in [0.15, 0.2) is 0 Å². The zero-order valence-electron chi connectivity index (χ0n) is 11.2. The highest BCUT2D eigenvalue weighted by molar-refractivity contribution is 5.81. The van der Waals surface area contributed by atoms with Crippen LogP contribution in [-0.2, 0) is 11.3 Å². The van der Waals surface area contributed by atoms with Crippen molar-refractivity contribution >= 4 is 11.6 Å². The van der Waals surface area contributed by atoms with E-state index in [1.807, 2.05) is 19.0 Å². The van der Waals surface area contributed by atoms with Gasteiger partial charge < -0.3 is 9.80 Å². The SMILES string of the molecule is CCN(Cc1ccc(N(C)C)cc1)C(=O)C(F)(F)F. The predicted molar refractivity (Wildman–Crippen MR) is 67.9 cm³/mol. The molecule has 0 spiro atoms. The van der Waals surface area contributed by atoms with Crippen LogP contribution in [0.5, 0.6) is 0 Å². The van der Waals surface area contributed by atoms with E-state index in [9.17, 15) is 18.0 Å². The van der Waals surface area contributed by atoms with Gasteiger partial charge in [-0.25, -0.2) is 0 Å². The van der Waals surface area contributed by atoms with E-state index in [0.29, 0.717) is 5.56 Å². The lowest BCUT2D eigenvalue weighted by Gasteiger charge is -2.22. The standard InChI is InChI=1S/C13H17F3N2O/c1-4-18(12(19)13(14,15)16)9-10-5-7-11(8-6-10)17(2)3/h5-8H,4,9H2,1-3H3. The maximum Gasteiger partial charge on any atom is 0.471 e. The van der Waals surface area contributed by atoms with Crippen molar-refractivity contribution in [2.24, 2.45) is 0 Å². The second-order valence-electron chi connectivity index (χ2n) is 4.38. The summed E-state index contributed by atoms with van der Waals surface area (Å²) in [7, 11) is 3.75. The van der Waals surface area contributed by atoms with E-state index in [1.54, 1.807) is 24.3 Å². The monoisotopic (exact) mass is 274 g/mol. The summed E-state index contributed by atoms with van der Waals surface area (Å²) in [5.41, 5.74) is 1.62. The van der Waals surface area contributed by atoms with E-state index >= 15 is 0 Å². The van der Waals surface area contributed by atoms with Crippen molar-refractivity contribution in [2.45, 2.75) is 19.6 Å². The lowest BCUT2D eigenvalue weighted by molar-refractivity contribution is -0.185. The normalized spacial score (nSPS) is 11.3. The number of amides is 1. The minimum atomic E-state index is -4.82. The van der Waals surface area contributed by atoms with Crippen molar-refractivity contribution in [2.75, 3.05) is 25.5 Å². The second-order valence-corrected chi connectivity index (χ2v) is 4.38. The predicted octanol–water partition coefficient (Wildman–Crippen LogP) is 2.66. The van der Waals surface area contributed by atoms with Gasteiger partial charge in [-0.3, -0.25) is 4.79 Å². The number of hydrogen-bond acceptors (Lipinski definition) is 2. The van der Waals surface area contributed by atoms with Gasteiger partial charge in [-0.05, 0) is 24.6 Å². The first-order valence-corrected chi connectivity index (χ1v) is 5.88. The van der Waals surface area contributed by atoms with Gasteiger partial charge in [-0.1, -0.05) is 12.1 Å². The minimum Gasteiger partial charge on any atom is -0.378 e. The first-order chi connectivity index (χ1) is 8.75. The number of halogens is 3. The van der Waals surface area contributed by atoms with Crippen LogP contribution >= 0.6 is 0 Å². The van der Waals surface area contributed by atoms with Crippen LogP contribution in [0.15, 0.2) is 24.3 Å². The highest BCUT2D eigenvalue weighted by Crippen LogP contribution is 2.20. The molecule has 0 aliphatic rings. The molecule has 1 aromatic rings. The molecule has 0 atom stereocenters. The first-order valence-electron chi connectivity index (χ1n) is 5.88. The smallest absolute Gasteiger partial charge is 0.378 e. The molecule has 0 N–H and O–H groups in total. The number of nitrogens with zero attached hydrogens (tertiary/aromatic N) is 2. The molecule has 0 fully saturated rings. The maximum absolute atomic E-state index is 12.4. The van der Waals surface area contributed by atoms with E-state index in [1.165, 1.54) is 6.92 Å². The van der Waals surface area contributed by atoms with Crippen molar-refractivity contribution in [3.8, 4) is 0 Å². The zero-order chi connectivity index (χ0) is 14.6. The van der Waals surface area contributed by atoms with Crippen LogP contribution in [0.4, 0.5) is 18.9 Å². The Balaban J connectivity index is 2.79. The van der Waals surface area contributed by atoms with Gasteiger partial charge in [0.1, 0.15) is 0 Å². The Morgan fingerprint density at radius 1 is 1.16 bits per heavy atom. The zero-order valence-corrected chi connectivity index (χ0v) is 11.2. The summed E-state index contributed by atoms with van der Waals surface area (Å²) in [6, 6.07) is 7.06. The van der Waals surface area contributed by atoms with E-state index in [0.717, 1.165) is 10.6 Å². The van der Waals surface area contributed by atoms with E-state index in [4.69, 9.17) is 0 Å². The molecular weight excluding hydrogens is 257 g/mol. The largest absolute Gasteiger partial charge is 0.471 e. The molecule has 106 valence electrons. The first kappa shape index (κ1) is 15.3. The molecule has 6 heteroatoms. The summed E-state index contributed by atoms with van der Waals surface area (Å²) < 4.78 is 37.1.